The Hall–Kier alpha value is -3.18. The van der Waals surface area contributed by atoms with Gasteiger partial charge in [0.15, 0.2) is 5.78 Å². The third kappa shape index (κ3) is 4.00. The molecule has 0 N–H and O–H groups in total. The van der Waals surface area contributed by atoms with E-state index in [0.717, 1.165) is 28.9 Å². The summed E-state index contributed by atoms with van der Waals surface area (Å²) in [5, 5.41) is 11.2. The fraction of sp³-hybridized carbons (Fsp3) is 0.333. The zero-order valence-electron chi connectivity index (χ0n) is 16.6. The van der Waals surface area contributed by atoms with E-state index in [1.165, 1.54) is 15.6 Å². The summed E-state index contributed by atoms with van der Waals surface area (Å²) >= 11 is 1.70. The number of nitriles is 1. The highest BCUT2D eigenvalue weighted by atomic mass is 32.1. The summed E-state index contributed by atoms with van der Waals surface area (Å²) < 4.78 is 4.19. The van der Waals surface area contributed by atoms with Gasteiger partial charge in [-0.05, 0) is 44.7 Å². The van der Waals surface area contributed by atoms with Gasteiger partial charge in [0.2, 0.25) is 0 Å². The Morgan fingerprint density at radius 3 is 2.62 bits per heavy atom. The lowest BCUT2D eigenvalue weighted by Gasteiger charge is -2.10. The van der Waals surface area contributed by atoms with Crippen LogP contribution in [0.5, 0.6) is 0 Å². The molecule has 0 atom stereocenters. The number of aromatic nitrogens is 3. The van der Waals surface area contributed by atoms with Crippen molar-refractivity contribution in [1.82, 2.24) is 13.7 Å². The zero-order valence-corrected chi connectivity index (χ0v) is 17.5. The van der Waals surface area contributed by atoms with E-state index in [-0.39, 0.29) is 17.9 Å². The number of nitrogens with zero attached hydrogens (tertiary/aromatic N) is 4. The van der Waals surface area contributed by atoms with E-state index in [4.69, 9.17) is 5.26 Å². The first-order chi connectivity index (χ1) is 13.9. The second-order valence-electron chi connectivity index (χ2n) is 6.80. The monoisotopic (exact) mass is 410 g/mol. The molecule has 3 rings (SSSR count). The third-order valence-electron chi connectivity index (χ3n) is 5.04. The van der Waals surface area contributed by atoms with Crippen molar-refractivity contribution in [3.8, 4) is 6.07 Å². The topological polar surface area (TPSA) is 89.8 Å². The van der Waals surface area contributed by atoms with Crippen LogP contribution in [0.15, 0.2) is 39.4 Å². The van der Waals surface area contributed by atoms with Gasteiger partial charge in [0.25, 0.3) is 5.56 Å². The van der Waals surface area contributed by atoms with Crippen LogP contribution in [0.1, 0.15) is 39.1 Å². The molecule has 0 fully saturated rings. The number of hydrogen-bond acceptors (Lipinski definition) is 5. The average Bonchev–Trinajstić information content (AvgIpc) is 3.32. The number of rotatable bonds is 7. The summed E-state index contributed by atoms with van der Waals surface area (Å²) in [5.74, 6) is -0.322. The largest absolute Gasteiger partial charge is 0.348 e. The van der Waals surface area contributed by atoms with Crippen molar-refractivity contribution in [2.24, 2.45) is 0 Å². The van der Waals surface area contributed by atoms with Gasteiger partial charge in [0.1, 0.15) is 11.6 Å². The quantitative estimate of drug-likeness (QED) is 0.560. The van der Waals surface area contributed by atoms with E-state index < -0.39 is 11.2 Å². The van der Waals surface area contributed by atoms with Crippen molar-refractivity contribution in [3.63, 3.8) is 0 Å². The number of carbonyl (C=O) groups excluding carboxylic acids is 1. The van der Waals surface area contributed by atoms with E-state index >= 15 is 0 Å². The molecule has 3 heterocycles. The Morgan fingerprint density at radius 1 is 1.24 bits per heavy atom. The third-order valence-corrected chi connectivity index (χ3v) is 5.97. The minimum absolute atomic E-state index is 0.152. The molecule has 0 unspecified atom stereocenters. The number of carbonyl (C=O) groups is 1. The van der Waals surface area contributed by atoms with Crippen molar-refractivity contribution in [2.45, 2.75) is 46.8 Å². The summed E-state index contributed by atoms with van der Waals surface area (Å²) in [6.45, 7) is 6.21. The predicted molar refractivity (Wildman–Crippen MR) is 112 cm³/mol. The van der Waals surface area contributed by atoms with Crippen molar-refractivity contribution in [3.05, 3.63) is 78.0 Å². The van der Waals surface area contributed by atoms with Crippen molar-refractivity contribution in [1.29, 1.82) is 5.26 Å². The number of Topliss-reactive ketones (excluding diaryl/α,β-unsaturated/α-hetero) is 1. The van der Waals surface area contributed by atoms with Gasteiger partial charge in [-0.1, -0.05) is 6.07 Å². The highest BCUT2D eigenvalue weighted by Crippen LogP contribution is 2.18. The van der Waals surface area contributed by atoms with Gasteiger partial charge in [0, 0.05) is 41.1 Å². The molecule has 0 aliphatic carbocycles. The molecule has 0 aliphatic rings. The lowest BCUT2D eigenvalue weighted by atomic mass is 10.1. The number of hydrogen-bond donors (Lipinski definition) is 0. The number of ketones is 1. The van der Waals surface area contributed by atoms with Gasteiger partial charge in [-0.2, -0.15) is 5.26 Å². The van der Waals surface area contributed by atoms with Crippen molar-refractivity contribution >= 4 is 17.1 Å². The van der Waals surface area contributed by atoms with Crippen LogP contribution in [0.25, 0.3) is 0 Å². The second kappa shape index (κ2) is 8.45. The number of thiophene rings is 1. The van der Waals surface area contributed by atoms with Gasteiger partial charge in [-0.3, -0.25) is 18.7 Å². The molecule has 0 spiro atoms. The fourth-order valence-corrected chi connectivity index (χ4v) is 4.13. The molecular formula is C21H22N4O3S. The van der Waals surface area contributed by atoms with Crippen molar-refractivity contribution < 1.29 is 4.79 Å². The molecule has 0 saturated carbocycles. The molecule has 0 amide bonds. The van der Waals surface area contributed by atoms with E-state index in [0.29, 0.717) is 12.1 Å². The molecular weight excluding hydrogens is 388 g/mol. The Bertz CT molecular complexity index is 1210. The van der Waals surface area contributed by atoms with Gasteiger partial charge >= 0.3 is 5.69 Å². The van der Waals surface area contributed by atoms with Crippen LogP contribution in [0, 0.1) is 25.2 Å². The molecule has 0 aliphatic heterocycles. The molecule has 3 aromatic rings. The van der Waals surface area contributed by atoms with Crippen LogP contribution in [0.3, 0.4) is 0 Å². The molecule has 8 heteroatoms. The van der Waals surface area contributed by atoms with Gasteiger partial charge in [-0.25, -0.2) is 4.79 Å². The van der Waals surface area contributed by atoms with Gasteiger partial charge < -0.3 is 4.57 Å². The first-order valence-electron chi connectivity index (χ1n) is 9.34. The van der Waals surface area contributed by atoms with Crippen LogP contribution in [0.2, 0.25) is 0 Å². The Labute approximate surface area is 172 Å². The maximum absolute atomic E-state index is 12.9. The van der Waals surface area contributed by atoms with Gasteiger partial charge in [-0.15, -0.1) is 11.3 Å². The summed E-state index contributed by atoms with van der Waals surface area (Å²) in [4.78, 5) is 39.1. The first kappa shape index (κ1) is 20.6. The van der Waals surface area contributed by atoms with Crippen LogP contribution in [0.4, 0.5) is 0 Å². The summed E-state index contributed by atoms with van der Waals surface area (Å²) in [5.41, 5.74) is 0.778. The first-order valence-corrected chi connectivity index (χ1v) is 10.2. The molecule has 29 heavy (non-hydrogen) atoms. The van der Waals surface area contributed by atoms with Gasteiger partial charge in [0.05, 0.1) is 6.54 Å². The average molecular weight is 410 g/mol. The molecule has 7 nitrogen and oxygen atoms in total. The highest BCUT2D eigenvalue weighted by molar-refractivity contribution is 7.09. The lowest BCUT2D eigenvalue weighted by molar-refractivity contribution is 0.0967. The van der Waals surface area contributed by atoms with Crippen molar-refractivity contribution in [2.75, 3.05) is 0 Å². The van der Waals surface area contributed by atoms with E-state index in [1.807, 2.05) is 25.3 Å². The minimum Gasteiger partial charge on any atom is -0.348 e. The Kier molecular flexibility index (Phi) is 5.99. The summed E-state index contributed by atoms with van der Waals surface area (Å²) in [6.07, 6.45) is 2.11. The smallest absolute Gasteiger partial charge is 0.331 e. The molecule has 0 aromatic carbocycles. The maximum Gasteiger partial charge on any atom is 0.331 e. The molecule has 0 radical (unpaired) electrons. The van der Waals surface area contributed by atoms with E-state index in [9.17, 15) is 14.4 Å². The Morgan fingerprint density at radius 2 is 2.00 bits per heavy atom. The summed E-state index contributed by atoms with van der Waals surface area (Å²) in [6, 6.07) is 7.69. The second-order valence-corrected chi connectivity index (χ2v) is 7.84. The van der Waals surface area contributed by atoms with E-state index in [2.05, 4.69) is 10.6 Å². The SMILES string of the molecule is CCn1cc(C#N)c(=O)n(CC(=O)c2cc(C)n(CCc3cccs3)c2C)c1=O. The molecule has 3 aromatic heterocycles. The summed E-state index contributed by atoms with van der Waals surface area (Å²) in [7, 11) is 0. The number of aryl methyl sites for hydroxylation is 3. The van der Waals surface area contributed by atoms with E-state index in [1.54, 1.807) is 30.4 Å². The molecule has 0 saturated heterocycles. The molecule has 0 bridgehead atoms. The lowest BCUT2D eigenvalue weighted by Crippen LogP contribution is -2.42. The predicted octanol–water partition coefficient (Wildman–Crippen LogP) is 2.51. The minimum atomic E-state index is -0.734. The molecule has 150 valence electrons. The standard InChI is InChI=1S/C21H22N4O3S/c1-4-23-12-16(11-22)20(27)25(21(23)28)13-19(26)18-10-14(2)24(15(18)3)8-7-17-6-5-9-29-17/h5-6,9-10,12H,4,7-8,13H2,1-3H3. The fourth-order valence-electron chi connectivity index (χ4n) is 3.43. The Balaban J connectivity index is 1.91. The van der Waals surface area contributed by atoms with Crippen LogP contribution in [-0.2, 0) is 26.1 Å². The normalized spacial score (nSPS) is 10.8. The maximum atomic E-state index is 12.9. The highest BCUT2D eigenvalue weighted by Gasteiger charge is 2.19. The van der Waals surface area contributed by atoms with Crippen LogP contribution < -0.4 is 11.2 Å². The van der Waals surface area contributed by atoms with Crippen LogP contribution >= 0.6 is 11.3 Å². The van der Waals surface area contributed by atoms with Crippen LogP contribution in [-0.4, -0.2) is 19.5 Å². The zero-order chi connectivity index (χ0) is 21.1.